The molecule has 19 heavy (non-hydrogen) atoms. The van der Waals surface area contributed by atoms with E-state index < -0.39 is 0 Å². The Morgan fingerprint density at radius 3 is 2.84 bits per heavy atom. The van der Waals surface area contributed by atoms with Gasteiger partial charge in [-0.3, -0.25) is 4.79 Å². The Morgan fingerprint density at radius 1 is 1.42 bits per heavy atom. The van der Waals surface area contributed by atoms with E-state index in [1.54, 1.807) is 0 Å². The minimum atomic E-state index is -0.192. The molecule has 103 valence electrons. The SMILES string of the molecule is C[CH]CC(=O)N1CCC[C@@H](Cc2ccc(F)cc2)C1. The van der Waals surface area contributed by atoms with Gasteiger partial charge in [-0.2, -0.15) is 0 Å². The van der Waals surface area contributed by atoms with Gasteiger partial charge in [0, 0.05) is 19.5 Å². The average Bonchev–Trinajstić information content (AvgIpc) is 2.42. The molecule has 0 N–H and O–H groups in total. The lowest BCUT2D eigenvalue weighted by Gasteiger charge is -2.33. The van der Waals surface area contributed by atoms with Crippen molar-refractivity contribution >= 4 is 5.91 Å². The number of likely N-dealkylation sites (tertiary alicyclic amines) is 1. The van der Waals surface area contributed by atoms with Crippen LogP contribution in [0.4, 0.5) is 4.39 Å². The van der Waals surface area contributed by atoms with E-state index in [0.29, 0.717) is 12.3 Å². The van der Waals surface area contributed by atoms with Crippen LogP contribution in [0.25, 0.3) is 0 Å². The van der Waals surface area contributed by atoms with Crippen LogP contribution in [0.1, 0.15) is 31.7 Å². The van der Waals surface area contributed by atoms with Crippen molar-refractivity contribution in [3.05, 3.63) is 42.1 Å². The number of hydrogen-bond donors (Lipinski definition) is 0. The van der Waals surface area contributed by atoms with Crippen LogP contribution in [0.5, 0.6) is 0 Å². The number of halogens is 1. The first-order chi connectivity index (χ1) is 9.19. The zero-order valence-corrected chi connectivity index (χ0v) is 11.4. The summed E-state index contributed by atoms with van der Waals surface area (Å²) in [7, 11) is 0. The van der Waals surface area contributed by atoms with Crippen LogP contribution in [0, 0.1) is 18.2 Å². The van der Waals surface area contributed by atoms with Crippen molar-refractivity contribution in [1.29, 1.82) is 0 Å². The number of benzene rings is 1. The lowest BCUT2D eigenvalue weighted by Crippen LogP contribution is -2.40. The first-order valence-electron chi connectivity index (χ1n) is 6.99. The molecule has 1 heterocycles. The van der Waals surface area contributed by atoms with Crippen molar-refractivity contribution in [1.82, 2.24) is 4.90 Å². The normalized spacial score (nSPS) is 19.5. The van der Waals surface area contributed by atoms with Crippen LogP contribution >= 0.6 is 0 Å². The van der Waals surface area contributed by atoms with Gasteiger partial charge >= 0.3 is 0 Å². The molecule has 1 aliphatic heterocycles. The Morgan fingerprint density at radius 2 is 2.16 bits per heavy atom. The fourth-order valence-corrected chi connectivity index (χ4v) is 2.72. The summed E-state index contributed by atoms with van der Waals surface area (Å²) in [4.78, 5) is 13.9. The molecule has 0 unspecified atom stereocenters. The van der Waals surface area contributed by atoms with Gasteiger partial charge in [-0.15, -0.1) is 0 Å². The van der Waals surface area contributed by atoms with Crippen LogP contribution in [0.3, 0.4) is 0 Å². The number of carbonyl (C=O) groups is 1. The summed E-state index contributed by atoms with van der Waals surface area (Å²) < 4.78 is 12.9. The molecule has 0 aliphatic carbocycles. The summed E-state index contributed by atoms with van der Waals surface area (Å²) in [5, 5.41) is 0. The van der Waals surface area contributed by atoms with E-state index in [1.807, 2.05) is 30.4 Å². The molecule has 0 spiro atoms. The molecule has 2 rings (SSSR count). The molecular formula is C16H21FNO. The van der Waals surface area contributed by atoms with E-state index in [2.05, 4.69) is 0 Å². The molecule has 1 aliphatic rings. The summed E-state index contributed by atoms with van der Waals surface area (Å²) in [5.74, 6) is 0.536. The van der Waals surface area contributed by atoms with Gasteiger partial charge < -0.3 is 4.90 Å². The molecule has 1 aromatic rings. The smallest absolute Gasteiger partial charge is 0.222 e. The fraction of sp³-hybridized carbons (Fsp3) is 0.500. The van der Waals surface area contributed by atoms with E-state index in [4.69, 9.17) is 0 Å². The second kappa shape index (κ2) is 6.69. The third kappa shape index (κ3) is 4.05. The molecule has 3 heteroatoms. The van der Waals surface area contributed by atoms with Crippen LogP contribution in [0.2, 0.25) is 0 Å². The van der Waals surface area contributed by atoms with E-state index in [-0.39, 0.29) is 11.7 Å². The predicted molar refractivity (Wildman–Crippen MR) is 74.0 cm³/mol. The standard InChI is InChI=1S/C16H21FNO/c1-2-4-16(19)18-10-3-5-14(12-18)11-13-6-8-15(17)9-7-13/h2,6-9,14H,3-5,10-12H2,1H3/t14-/m0/s1. The Kier molecular flexibility index (Phi) is 4.94. The van der Waals surface area contributed by atoms with Crippen LogP contribution in [0.15, 0.2) is 24.3 Å². The van der Waals surface area contributed by atoms with Crippen molar-refractivity contribution in [2.24, 2.45) is 5.92 Å². The maximum Gasteiger partial charge on any atom is 0.222 e. The molecule has 0 aromatic heterocycles. The van der Waals surface area contributed by atoms with E-state index in [1.165, 1.54) is 12.1 Å². The van der Waals surface area contributed by atoms with Crippen molar-refractivity contribution in [2.45, 2.75) is 32.6 Å². The van der Waals surface area contributed by atoms with Gasteiger partial charge in [0.2, 0.25) is 5.91 Å². The zero-order valence-electron chi connectivity index (χ0n) is 11.4. The highest BCUT2D eigenvalue weighted by Crippen LogP contribution is 2.21. The van der Waals surface area contributed by atoms with E-state index >= 15 is 0 Å². The Balaban J connectivity index is 1.90. The summed E-state index contributed by atoms with van der Waals surface area (Å²) in [6, 6.07) is 6.70. The Bertz CT molecular complexity index is 415. The summed E-state index contributed by atoms with van der Waals surface area (Å²) in [6.45, 7) is 3.63. The van der Waals surface area contributed by atoms with E-state index in [9.17, 15) is 9.18 Å². The molecular weight excluding hydrogens is 241 g/mol. The fourth-order valence-electron chi connectivity index (χ4n) is 2.72. The molecule has 1 saturated heterocycles. The number of carbonyl (C=O) groups excluding carboxylic acids is 1. The van der Waals surface area contributed by atoms with Crippen molar-refractivity contribution in [2.75, 3.05) is 13.1 Å². The van der Waals surface area contributed by atoms with Crippen LogP contribution in [-0.2, 0) is 11.2 Å². The average molecular weight is 262 g/mol. The van der Waals surface area contributed by atoms with Gasteiger partial charge in [-0.05, 0) is 49.3 Å². The summed E-state index contributed by atoms with van der Waals surface area (Å²) in [5.41, 5.74) is 1.16. The van der Waals surface area contributed by atoms with Gasteiger partial charge in [0.1, 0.15) is 5.82 Å². The highest BCUT2D eigenvalue weighted by atomic mass is 19.1. The highest BCUT2D eigenvalue weighted by Gasteiger charge is 2.23. The van der Waals surface area contributed by atoms with Gasteiger partial charge in [0.15, 0.2) is 0 Å². The number of rotatable bonds is 4. The van der Waals surface area contributed by atoms with Gasteiger partial charge in [0.25, 0.3) is 0 Å². The molecule has 0 saturated carbocycles. The minimum absolute atomic E-state index is 0.192. The lowest BCUT2D eigenvalue weighted by atomic mass is 9.91. The van der Waals surface area contributed by atoms with Crippen molar-refractivity contribution in [3.8, 4) is 0 Å². The predicted octanol–water partition coefficient (Wildman–Crippen LogP) is 3.22. The first-order valence-corrected chi connectivity index (χ1v) is 6.99. The van der Waals surface area contributed by atoms with Crippen molar-refractivity contribution in [3.63, 3.8) is 0 Å². The molecule has 0 bridgehead atoms. The van der Waals surface area contributed by atoms with Gasteiger partial charge in [0.05, 0.1) is 0 Å². The molecule has 1 radical (unpaired) electrons. The minimum Gasteiger partial charge on any atom is -0.342 e. The second-order valence-corrected chi connectivity index (χ2v) is 5.29. The zero-order chi connectivity index (χ0) is 13.7. The lowest BCUT2D eigenvalue weighted by molar-refractivity contribution is -0.132. The maximum atomic E-state index is 12.9. The molecule has 2 nitrogen and oxygen atoms in total. The van der Waals surface area contributed by atoms with Crippen LogP contribution < -0.4 is 0 Å². The summed E-state index contributed by atoms with van der Waals surface area (Å²) in [6.07, 6.45) is 5.59. The molecule has 1 atom stereocenters. The van der Waals surface area contributed by atoms with E-state index in [0.717, 1.165) is 37.9 Å². The Labute approximate surface area is 114 Å². The molecule has 1 aromatic carbocycles. The second-order valence-electron chi connectivity index (χ2n) is 5.29. The molecule has 1 fully saturated rings. The van der Waals surface area contributed by atoms with Crippen molar-refractivity contribution < 1.29 is 9.18 Å². The van der Waals surface area contributed by atoms with Gasteiger partial charge in [-0.1, -0.05) is 19.1 Å². The molecule has 1 amide bonds. The monoisotopic (exact) mass is 262 g/mol. The highest BCUT2D eigenvalue weighted by molar-refractivity contribution is 5.77. The number of nitrogens with zero attached hydrogens (tertiary/aromatic N) is 1. The summed E-state index contributed by atoms with van der Waals surface area (Å²) >= 11 is 0. The quantitative estimate of drug-likeness (QED) is 0.816. The largest absolute Gasteiger partial charge is 0.342 e. The topological polar surface area (TPSA) is 20.3 Å². The number of amides is 1. The number of piperidine rings is 1. The maximum absolute atomic E-state index is 12.9. The Hall–Kier alpha value is -1.38. The number of hydrogen-bond acceptors (Lipinski definition) is 1. The van der Waals surface area contributed by atoms with Gasteiger partial charge in [-0.25, -0.2) is 4.39 Å². The third-order valence-corrected chi connectivity index (χ3v) is 3.69. The first kappa shape index (κ1) is 14.0. The van der Waals surface area contributed by atoms with Crippen LogP contribution in [-0.4, -0.2) is 23.9 Å². The third-order valence-electron chi connectivity index (χ3n) is 3.69.